The predicted molar refractivity (Wildman–Crippen MR) is 117 cm³/mol. The third-order valence-corrected chi connectivity index (χ3v) is 5.92. The van der Waals surface area contributed by atoms with E-state index in [-0.39, 0.29) is 5.91 Å². The van der Waals surface area contributed by atoms with Gasteiger partial charge in [-0.25, -0.2) is 0 Å². The van der Waals surface area contributed by atoms with Gasteiger partial charge in [-0.05, 0) is 53.9 Å². The van der Waals surface area contributed by atoms with Crippen molar-refractivity contribution in [1.82, 2.24) is 5.32 Å². The van der Waals surface area contributed by atoms with Crippen molar-refractivity contribution in [2.45, 2.75) is 38.3 Å². The molecule has 1 N–H and O–H groups in total. The highest BCUT2D eigenvalue weighted by Crippen LogP contribution is 2.33. The number of rotatable bonds is 6. The van der Waals surface area contributed by atoms with E-state index in [0.29, 0.717) is 34.2 Å². The van der Waals surface area contributed by atoms with Gasteiger partial charge in [-0.1, -0.05) is 49.2 Å². The molecule has 29 heavy (non-hydrogen) atoms. The van der Waals surface area contributed by atoms with Crippen LogP contribution in [0.5, 0.6) is 11.5 Å². The van der Waals surface area contributed by atoms with E-state index < -0.39 is 0 Å². The van der Waals surface area contributed by atoms with E-state index in [2.05, 4.69) is 10.3 Å². The molecule has 1 aliphatic heterocycles. The molecule has 0 unspecified atom stereocenters. The van der Waals surface area contributed by atoms with Gasteiger partial charge < -0.3 is 14.8 Å². The summed E-state index contributed by atoms with van der Waals surface area (Å²) in [5.74, 6) is 1.21. The molecular formula is C23H24N2O3S. The van der Waals surface area contributed by atoms with Gasteiger partial charge in [0.2, 0.25) is 0 Å². The van der Waals surface area contributed by atoms with Crippen LogP contribution in [-0.4, -0.2) is 24.2 Å². The van der Waals surface area contributed by atoms with Crippen molar-refractivity contribution < 1.29 is 14.3 Å². The minimum absolute atomic E-state index is 0.102. The Labute approximate surface area is 175 Å². The summed E-state index contributed by atoms with van der Waals surface area (Å²) in [7, 11) is 1.62. The van der Waals surface area contributed by atoms with E-state index in [1.807, 2.05) is 54.6 Å². The Bertz CT molecular complexity index is 934. The lowest BCUT2D eigenvalue weighted by Gasteiger charge is -2.11. The molecule has 1 saturated heterocycles. The number of carbonyl (C=O) groups excluding carboxylic acids is 1. The van der Waals surface area contributed by atoms with Crippen LogP contribution in [0.2, 0.25) is 0 Å². The first-order valence-electron chi connectivity index (χ1n) is 9.85. The average molecular weight is 409 g/mol. The number of thioether (sulfide) groups is 1. The Hall–Kier alpha value is -2.73. The Kier molecular flexibility index (Phi) is 6.20. The van der Waals surface area contributed by atoms with E-state index in [4.69, 9.17) is 9.47 Å². The van der Waals surface area contributed by atoms with Crippen LogP contribution in [0, 0.1) is 0 Å². The molecule has 1 saturated carbocycles. The van der Waals surface area contributed by atoms with Gasteiger partial charge in [-0.3, -0.25) is 9.79 Å². The number of methoxy groups -OCH3 is 1. The standard InChI is InChI=1S/C23H24N2O3S/c1-27-20-13-17(11-12-19(20)28-15-16-7-3-2-4-8-16)14-21-22(26)25-23(29-21)24-18-9-5-6-10-18/h2-4,7-8,11-14,18H,5-6,9-10,15H2,1H3,(H,24,25,26). The monoisotopic (exact) mass is 408 g/mol. The summed E-state index contributed by atoms with van der Waals surface area (Å²) in [6.07, 6.45) is 6.53. The van der Waals surface area contributed by atoms with E-state index in [1.54, 1.807) is 7.11 Å². The number of amidine groups is 1. The lowest BCUT2D eigenvalue weighted by Crippen LogP contribution is -2.21. The summed E-state index contributed by atoms with van der Waals surface area (Å²) >= 11 is 1.40. The molecule has 0 spiro atoms. The molecule has 0 bridgehead atoms. The molecule has 4 rings (SSSR count). The maximum atomic E-state index is 12.3. The molecule has 5 nitrogen and oxygen atoms in total. The summed E-state index contributed by atoms with van der Waals surface area (Å²) in [6, 6.07) is 16.0. The molecule has 6 heteroatoms. The zero-order valence-corrected chi connectivity index (χ0v) is 17.2. The molecule has 2 aromatic carbocycles. The Morgan fingerprint density at radius 3 is 2.69 bits per heavy atom. The van der Waals surface area contributed by atoms with Crippen molar-refractivity contribution in [1.29, 1.82) is 0 Å². The van der Waals surface area contributed by atoms with Crippen LogP contribution >= 0.6 is 11.8 Å². The number of amides is 1. The van der Waals surface area contributed by atoms with E-state index >= 15 is 0 Å². The summed E-state index contributed by atoms with van der Waals surface area (Å²) in [4.78, 5) is 17.6. The van der Waals surface area contributed by atoms with Gasteiger partial charge in [-0.2, -0.15) is 0 Å². The van der Waals surface area contributed by atoms with Crippen LogP contribution in [-0.2, 0) is 11.4 Å². The third kappa shape index (κ3) is 5.01. The predicted octanol–water partition coefficient (Wildman–Crippen LogP) is 4.78. The summed E-state index contributed by atoms with van der Waals surface area (Å²) in [5.41, 5.74) is 1.97. The molecule has 0 atom stereocenters. The van der Waals surface area contributed by atoms with Crippen molar-refractivity contribution in [3.05, 3.63) is 64.6 Å². The minimum Gasteiger partial charge on any atom is -0.493 e. The Balaban J connectivity index is 1.46. The maximum absolute atomic E-state index is 12.3. The fraction of sp³-hybridized carbons (Fsp3) is 0.304. The summed E-state index contributed by atoms with van der Waals surface area (Å²) < 4.78 is 11.4. The second-order valence-corrected chi connectivity index (χ2v) is 8.15. The third-order valence-electron chi connectivity index (χ3n) is 5.00. The maximum Gasteiger partial charge on any atom is 0.264 e. The molecule has 1 aliphatic carbocycles. The number of nitrogens with one attached hydrogen (secondary N) is 1. The normalized spacial score (nSPS) is 19.7. The summed E-state index contributed by atoms with van der Waals surface area (Å²) in [5, 5.41) is 3.59. The molecule has 1 amide bonds. The number of ether oxygens (including phenoxy) is 2. The van der Waals surface area contributed by atoms with Gasteiger partial charge in [0.25, 0.3) is 5.91 Å². The molecule has 2 fully saturated rings. The molecule has 0 aromatic heterocycles. The van der Waals surface area contributed by atoms with Crippen molar-refractivity contribution in [3.63, 3.8) is 0 Å². The van der Waals surface area contributed by atoms with Crippen LogP contribution in [0.4, 0.5) is 0 Å². The van der Waals surface area contributed by atoms with Gasteiger partial charge in [0.15, 0.2) is 16.7 Å². The fourth-order valence-corrected chi connectivity index (χ4v) is 4.36. The van der Waals surface area contributed by atoms with Crippen LogP contribution in [0.25, 0.3) is 6.08 Å². The Morgan fingerprint density at radius 2 is 1.93 bits per heavy atom. The highest BCUT2D eigenvalue weighted by Gasteiger charge is 2.25. The molecule has 0 radical (unpaired) electrons. The zero-order chi connectivity index (χ0) is 20.1. The van der Waals surface area contributed by atoms with Crippen LogP contribution in [0.3, 0.4) is 0 Å². The van der Waals surface area contributed by atoms with E-state index in [0.717, 1.165) is 24.0 Å². The quantitative estimate of drug-likeness (QED) is 0.699. The van der Waals surface area contributed by atoms with Crippen LogP contribution in [0.15, 0.2) is 58.4 Å². The van der Waals surface area contributed by atoms with Crippen molar-refractivity contribution >= 4 is 28.9 Å². The second kappa shape index (κ2) is 9.18. The largest absolute Gasteiger partial charge is 0.493 e. The SMILES string of the molecule is COc1cc(C=C2SC(=NC3CCCC3)NC2=O)ccc1OCc1ccccc1. The fourth-order valence-electron chi connectivity index (χ4n) is 3.47. The van der Waals surface area contributed by atoms with Crippen LogP contribution in [0.1, 0.15) is 36.8 Å². The molecule has 1 heterocycles. The molecule has 2 aliphatic rings. The average Bonchev–Trinajstić information content (AvgIpc) is 3.37. The minimum atomic E-state index is -0.102. The zero-order valence-electron chi connectivity index (χ0n) is 16.4. The number of nitrogens with zero attached hydrogens (tertiary/aromatic N) is 1. The van der Waals surface area contributed by atoms with Gasteiger partial charge in [0.05, 0.1) is 18.1 Å². The van der Waals surface area contributed by atoms with Crippen LogP contribution < -0.4 is 14.8 Å². The van der Waals surface area contributed by atoms with Crippen molar-refractivity contribution in [2.75, 3.05) is 7.11 Å². The van der Waals surface area contributed by atoms with Crippen molar-refractivity contribution in [2.24, 2.45) is 4.99 Å². The van der Waals surface area contributed by atoms with E-state index in [9.17, 15) is 4.79 Å². The summed E-state index contributed by atoms with van der Waals surface area (Å²) in [6.45, 7) is 0.469. The van der Waals surface area contributed by atoms with Gasteiger partial charge >= 0.3 is 0 Å². The number of aliphatic imine (C=N–C) groups is 1. The molecule has 2 aromatic rings. The van der Waals surface area contributed by atoms with E-state index in [1.165, 1.54) is 24.6 Å². The van der Waals surface area contributed by atoms with Crippen molar-refractivity contribution in [3.8, 4) is 11.5 Å². The van der Waals surface area contributed by atoms with Gasteiger partial charge in [0, 0.05) is 0 Å². The number of benzene rings is 2. The molecule has 150 valence electrons. The second-order valence-electron chi connectivity index (χ2n) is 7.12. The number of hydrogen-bond donors (Lipinski definition) is 1. The topological polar surface area (TPSA) is 59.9 Å². The lowest BCUT2D eigenvalue weighted by molar-refractivity contribution is -0.115. The highest BCUT2D eigenvalue weighted by atomic mass is 32.2. The molecular weight excluding hydrogens is 384 g/mol. The smallest absolute Gasteiger partial charge is 0.264 e. The first-order chi connectivity index (χ1) is 14.2. The highest BCUT2D eigenvalue weighted by molar-refractivity contribution is 8.18. The van der Waals surface area contributed by atoms with Gasteiger partial charge in [0.1, 0.15) is 6.61 Å². The van der Waals surface area contributed by atoms with Gasteiger partial charge in [-0.15, -0.1) is 0 Å². The first kappa shape index (κ1) is 19.6. The number of hydrogen-bond acceptors (Lipinski definition) is 5. The lowest BCUT2D eigenvalue weighted by atomic mass is 10.2. The number of carbonyl (C=O) groups is 1. The first-order valence-corrected chi connectivity index (χ1v) is 10.7. The Morgan fingerprint density at radius 1 is 1.14 bits per heavy atom.